The van der Waals surface area contributed by atoms with Crippen molar-refractivity contribution in [1.29, 1.82) is 0 Å². The minimum Gasteiger partial charge on any atom is -0.461 e. The smallest absolute Gasteiger partial charge is 0.306 e. The Morgan fingerprint density at radius 2 is 1.88 bits per heavy atom. The first-order valence-electron chi connectivity index (χ1n) is 14.8. The normalized spacial score (nSPS) is 28.8. The van der Waals surface area contributed by atoms with Crippen LogP contribution in [0.25, 0.3) is 11.2 Å². The summed E-state index contributed by atoms with van der Waals surface area (Å²) in [4.78, 5) is 28.2. The van der Waals surface area contributed by atoms with E-state index < -0.39 is 12.0 Å². The summed E-state index contributed by atoms with van der Waals surface area (Å²) < 4.78 is 26.9. The third-order valence-corrected chi connectivity index (χ3v) is 8.67. The lowest BCUT2D eigenvalue weighted by Gasteiger charge is -2.46. The molecule has 3 aliphatic rings. The van der Waals surface area contributed by atoms with E-state index in [9.17, 15) is 4.79 Å². The number of fused-ring (bicyclic) bond motifs is 2. The van der Waals surface area contributed by atoms with Gasteiger partial charge in [-0.05, 0) is 65.4 Å². The van der Waals surface area contributed by atoms with E-state index in [1.54, 1.807) is 12.7 Å². The van der Waals surface area contributed by atoms with Gasteiger partial charge >= 0.3 is 5.97 Å². The highest BCUT2D eigenvalue weighted by atomic mass is 16.8. The van der Waals surface area contributed by atoms with Crippen molar-refractivity contribution in [2.75, 3.05) is 6.54 Å². The van der Waals surface area contributed by atoms with Gasteiger partial charge in [0.15, 0.2) is 17.7 Å². The summed E-state index contributed by atoms with van der Waals surface area (Å²) in [6, 6.07) is 10.6. The summed E-state index contributed by atoms with van der Waals surface area (Å²) >= 11 is 0. The molecule has 10 heteroatoms. The van der Waals surface area contributed by atoms with Gasteiger partial charge in [-0.25, -0.2) is 15.0 Å². The Bertz CT molecular complexity index is 1360. The Hall–Kier alpha value is -2.92. The molecule has 4 atom stereocenters. The summed E-state index contributed by atoms with van der Waals surface area (Å²) in [6.07, 6.45) is 5.77. The van der Waals surface area contributed by atoms with Crippen molar-refractivity contribution in [1.82, 2.24) is 24.4 Å². The van der Waals surface area contributed by atoms with Gasteiger partial charge in [0, 0.05) is 25.0 Å². The maximum Gasteiger partial charge on any atom is 0.306 e. The molecule has 6 rings (SSSR count). The molecule has 0 N–H and O–H groups in total. The summed E-state index contributed by atoms with van der Waals surface area (Å²) in [7, 11) is 0. The number of esters is 1. The van der Waals surface area contributed by atoms with Gasteiger partial charge in [-0.15, -0.1) is 0 Å². The van der Waals surface area contributed by atoms with E-state index in [0.29, 0.717) is 31.0 Å². The van der Waals surface area contributed by atoms with E-state index in [2.05, 4.69) is 33.7 Å². The van der Waals surface area contributed by atoms with Crippen molar-refractivity contribution in [2.24, 2.45) is 5.92 Å². The number of rotatable bonds is 10. The average Bonchev–Trinajstić information content (AvgIpc) is 3.58. The SMILES string of the molecule is Cc1ncnc2c1ncn2C1OC(CN(C(C)C)C2CC(CCC(=O)OCc3ccccc3)C2)C2OC(C)(C)OC21. The van der Waals surface area contributed by atoms with Gasteiger partial charge in [0.2, 0.25) is 0 Å². The molecule has 3 fully saturated rings. The van der Waals surface area contributed by atoms with E-state index in [4.69, 9.17) is 18.9 Å². The fourth-order valence-electron chi connectivity index (χ4n) is 6.51. The minimum absolute atomic E-state index is 0.122. The number of benzene rings is 1. The molecule has 0 radical (unpaired) electrons. The van der Waals surface area contributed by atoms with Crippen molar-refractivity contribution >= 4 is 17.1 Å². The third kappa shape index (κ3) is 5.88. The van der Waals surface area contributed by atoms with E-state index in [0.717, 1.165) is 48.2 Å². The summed E-state index contributed by atoms with van der Waals surface area (Å²) in [5.41, 5.74) is 3.35. The van der Waals surface area contributed by atoms with Crippen LogP contribution in [0.2, 0.25) is 0 Å². The Balaban J connectivity index is 1.07. The van der Waals surface area contributed by atoms with Crippen LogP contribution in [-0.4, -0.2) is 73.1 Å². The van der Waals surface area contributed by atoms with Gasteiger partial charge in [0.25, 0.3) is 0 Å². The molecule has 2 aliphatic heterocycles. The molecule has 4 heterocycles. The molecule has 4 unspecified atom stereocenters. The highest BCUT2D eigenvalue weighted by Crippen LogP contribution is 2.45. The molecule has 1 aliphatic carbocycles. The minimum atomic E-state index is -0.698. The van der Waals surface area contributed by atoms with E-state index >= 15 is 0 Å². The van der Waals surface area contributed by atoms with Crippen LogP contribution in [0.5, 0.6) is 0 Å². The van der Waals surface area contributed by atoms with Gasteiger partial charge in [-0.2, -0.15) is 0 Å². The number of aryl methyl sites for hydroxylation is 1. The molecular weight excluding hydrogens is 522 g/mol. The molecule has 0 spiro atoms. The Kier molecular flexibility index (Phi) is 7.84. The van der Waals surface area contributed by atoms with Gasteiger partial charge in [-0.1, -0.05) is 30.3 Å². The molecule has 220 valence electrons. The molecule has 1 aromatic carbocycles. The van der Waals surface area contributed by atoms with Gasteiger partial charge in [0.05, 0.1) is 12.0 Å². The lowest BCUT2D eigenvalue weighted by molar-refractivity contribution is -0.199. The summed E-state index contributed by atoms with van der Waals surface area (Å²) in [5, 5.41) is 0. The van der Waals surface area contributed by atoms with Crippen molar-refractivity contribution in [2.45, 2.75) is 109 Å². The first kappa shape index (κ1) is 28.2. The van der Waals surface area contributed by atoms with Crippen LogP contribution < -0.4 is 0 Å². The zero-order valence-electron chi connectivity index (χ0n) is 24.6. The molecule has 1 saturated carbocycles. The number of aromatic nitrogens is 4. The lowest BCUT2D eigenvalue weighted by atomic mass is 9.76. The second-order valence-electron chi connectivity index (χ2n) is 12.4. The van der Waals surface area contributed by atoms with Crippen molar-refractivity contribution in [3.63, 3.8) is 0 Å². The molecule has 2 aromatic heterocycles. The average molecular weight is 564 g/mol. The van der Waals surface area contributed by atoms with E-state index in [1.807, 2.05) is 55.7 Å². The number of carbonyl (C=O) groups is 1. The van der Waals surface area contributed by atoms with E-state index in [-0.39, 0.29) is 24.3 Å². The standard InChI is InChI=1S/C31H41N5O5/c1-19(2)35(23-13-22(14-23)11-12-25(37)38-16-21-9-7-6-8-10-21)15-24-27-28(41-31(4,5)40-27)30(39-24)36-18-34-26-20(3)32-17-33-29(26)36/h6-10,17-19,22-24,27-28,30H,11-16H2,1-5H3. The number of imidazole rings is 1. The van der Waals surface area contributed by atoms with Crippen LogP contribution in [0, 0.1) is 12.8 Å². The van der Waals surface area contributed by atoms with Crippen LogP contribution in [0.15, 0.2) is 43.0 Å². The number of nitrogens with zero attached hydrogens (tertiary/aromatic N) is 5. The molecule has 41 heavy (non-hydrogen) atoms. The summed E-state index contributed by atoms with van der Waals surface area (Å²) in [5.74, 6) is -0.292. The molecule has 0 amide bonds. The Labute approximate surface area is 241 Å². The maximum absolute atomic E-state index is 12.3. The van der Waals surface area contributed by atoms with Crippen LogP contribution in [-0.2, 0) is 30.3 Å². The number of carbonyl (C=O) groups excluding carboxylic acids is 1. The van der Waals surface area contributed by atoms with Crippen molar-refractivity contribution < 1.29 is 23.7 Å². The van der Waals surface area contributed by atoms with Crippen LogP contribution in [0.3, 0.4) is 0 Å². The van der Waals surface area contributed by atoms with E-state index in [1.165, 1.54) is 0 Å². The van der Waals surface area contributed by atoms with Crippen LogP contribution in [0.4, 0.5) is 0 Å². The molecule has 2 saturated heterocycles. The Morgan fingerprint density at radius 1 is 1.12 bits per heavy atom. The summed E-state index contributed by atoms with van der Waals surface area (Å²) in [6.45, 7) is 11.4. The predicted molar refractivity (Wildman–Crippen MR) is 152 cm³/mol. The zero-order valence-corrected chi connectivity index (χ0v) is 24.6. The largest absolute Gasteiger partial charge is 0.461 e. The first-order valence-corrected chi connectivity index (χ1v) is 14.8. The van der Waals surface area contributed by atoms with Gasteiger partial charge in [-0.3, -0.25) is 14.3 Å². The van der Waals surface area contributed by atoms with Crippen molar-refractivity contribution in [3.05, 3.63) is 54.2 Å². The van der Waals surface area contributed by atoms with Gasteiger partial charge in [0.1, 0.15) is 36.8 Å². The molecule has 0 bridgehead atoms. The third-order valence-electron chi connectivity index (χ3n) is 8.67. The predicted octanol–water partition coefficient (Wildman–Crippen LogP) is 4.56. The highest BCUT2D eigenvalue weighted by Gasteiger charge is 2.56. The van der Waals surface area contributed by atoms with Gasteiger partial charge < -0.3 is 18.9 Å². The molecular formula is C31H41N5O5. The zero-order chi connectivity index (χ0) is 28.7. The Morgan fingerprint density at radius 3 is 2.63 bits per heavy atom. The molecule has 10 nitrogen and oxygen atoms in total. The number of ether oxygens (including phenoxy) is 4. The molecule has 3 aromatic rings. The number of hydrogen-bond acceptors (Lipinski definition) is 9. The monoisotopic (exact) mass is 563 g/mol. The topological polar surface area (TPSA) is 101 Å². The maximum atomic E-state index is 12.3. The highest BCUT2D eigenvalue weighted by molar-refractivity contribution is 5.72. The fourth-order valence-corrected chi connectivity index (χ4v) is 6.51. The van der Waals surface area contributed by atoms with Crippen LogP contribution >= 0.6 is 0 Å². The number of hydrogen-bond donors (Lipinski definition) is 0. The fraction of sp³-hybridized carbons (Fsp3) is 0.613. The second-order valence-corrected chi connectivity index (χ2v) is 12.4. The second kappa shape index (κ2) is 11.4. The van der Waals surface area contributed by atoms with Crippen LogP contribution in [0.1, 0.15) is 70.9 Å². The van der Waals surface area contributed by atoms with Crippen molar-refractivity contribution in [3.8, 4) is 0 Å². The first-order chi connectivity index (χ1) is 19.7. The quantitative estimate of drug-likeness (QED) is 0.329. The lowest BCUT2D eigenvalue weighted by Crippen LogP contribution is -2.52.